The molecule has 0 aromatic heterocycles. The molecule has 2 aromatic carbocycles. The summed E-state index contributed by atoms with van der Waals surface area (Å²) >= 11 is 0.744. The molecule has 0 aliphatic carbocycles. The molecule has 0 saturated carbocycles. The molecule has 1 heterocycles. The van der Waals surface area contributed by atoms with Gasteiger partial charge in [0.05, 0.1) is 17.7 Å². The minimum Gasteiger partial charge on any atom is -0.478 e. The van der Waals surface area contributed by atoms with Crippen molar-refractivity contribution in [1.29, 1.82) is 0 Å². The number of carboxylic acids is 2. The van der Waals surface area contributed by atoms with Gasteiger partial charge < -0.3 is 15.5 Å². The molecule has 1 atom stereocenters. The van der Waals surface area contributed by atoms with Crippen molar-refractivity contribution >= 4 is 40.5 Å². The maximum Gasteiger partial charge on any atom is 0.337 e. The number of anilines is 1. The number of carbonyl (C=O) groups is 4. The highest BCUT2D eigenvalue weighted by molar-refractivity contribution is 8.15. The number of carboxylic acid groups (broad SMARTS) is 2. The van der Waals surface area contributed by atoms with Crippen LogP contribution in [0.15, 0.2) is 48.5 Å². The van der Waals surface area contributed by atoms with E-state index in [-0.39, 0.29) is 23.4 Å². The number of nitrogens with zero attached hydrogens (tertiary/aromatic N) is 1. The van der Waals surface area contributed by atoms with Crippen molar-refractivity contribution in [1.82, 2.24) is 4.90 Å². The van der Waals surface area contributed by atoms with E-state index in [0.29, 0.717) is 5.56 Å². The van der Waals surface area contributed by atoms with Crippen molar-refractivity contribution in [3.63, 3.8) is 0 Å². The van der Waals surface area contributed by atoms with E-state index < -0.39 is 28.5 Å². The first-order chi connectivity index (χ1) is 12.9. The van der Waals surface area contributed by atoms with Crippen LogP contribution in [0.5, 0.6) is 0 Å². The average Bonchev–Trinajstić information content (AvgIpc) is 2.89. The van der Waals surface area contributed by atoms with Crippen LogP contribution < -0.4 is 5.32 Å². The van der Waals surface area contributed by atoms with Gasteiger partial charge in [-0.3, -0.25) is 14.5 Å². The predicted octanol–water partition coefficient (Wildman–Crippen LogP) is 2.72. The van der Waals surface area contributed by atoms with Crippen molar-refractivity contribution < 1.29 is 29.4 Å². The highest BCUT2D eigenvalue weighted by Gasteiger charge is 2.40. The van der Waals surface area contributed by atoms with Crippen LogP contribution in [-0.4, -0.2) is 43.6 Å². The third-order valence-corrected chi connectivity index (χ3v) is 4.87. The average molecular weight is 386 g/mol. The molecule has 1 saturated heterocycles. The highest BCUT2D eigenvalue weighted by atomic mass is 32.2. The van der Waals surface area contributed by atoms with Crippen LogP contribution in [0.25, 0.3) is 0 Å². The summed E-state index contributed by atoms with van der Waals surface area (Å²) in [4.78, 5) is 48.1. The van der Waals surface area contributed by atoms with E-state index in [1.807, 2.05) is 0 Å². The summed E-state index contributed by atoms with van der Waals surface area (Å²) in [5, 5.41) is 19.6. The fourth-order valence-electron chi connectivity index (χ4n) is 2.60. The van der Waals surface area contributed by atoms with Gasteiger partial charge in [0.15, 0.2) is 5.37 Å². The standard InChI is InChI=1S/C18H14N2O6S/c21-15-14(19-13-7-2-1-6-12(13)17(24)25)27-18(26)20(15)9-10-4-3-5-11(8-10)16(22)23/h1-8,14,19H,9H2,(H,22,23)(H,24,25). The van der Waals surface area contributed by atoms with Gasteiger partial charge in [-0.1, -0.05) is 24.3 Å². The summed E-state index contributed by atoms with van der Waals surface area (Å²) in [6.07, 6.45) is 0. The Morgan fingerprint density at radius 1 is 1.04 bits per heavy atom. The number of hydrogen-bond acceptors (Lipinski definition) is 6. The first-order valence-electron chi connectivity index (χ1n) is 7.80. The largest absolute Gasteiger partial charge is 0.478 e. The summed E-state index contributed by atoms with van der Waals surface area (Å²) in [6.45, 7) is -0.0649. The Morgan fingerprint density at radius 2 is 1.78 bits per heavy atom. The molecule has 138 valence electrons. The van der Waals surface area contributed by atoms with Crippen LogP contribution in [0, 0.1) is 0 Å². The van der Waals surface area contributed by atoms with E-state index in [1.54, 1.807) is 18.2 Å². The van der Waals surface area contributed by atoms with E-state index >= 15 is 0 Å². The number of para-hydroxylation sites is 1. The molecular formula is C18H14N2O6S. The lowest BCUT2D eigenvalue weighted by Gasteiger charge is -2.16. The first-order valence-corrected chi connectivity index (χ1v) is 8.68. The summed E-state index contributed by atoms with van der Waals surface area (Å²) in [5.41, 5.74) is 0.789. The van der Waals surface area contributed by atoms with Crippen LogP contribution in [0.2, 0.25) is 0 Å². The van der Waals surface area contributed by atoms with Crippen molar-refractivity contribution in [2.75, 3.05) is 5.32 Å². The molecule has 2 aromatic rings. The molecule has 1 unspecified atom stereocenters. The molecule has 1 aliphatic heterocycles. The Morgan fingerprint density at radius 3 is 2.48 bits per heavy atom. The van der Waals surface area contributed by atoms with Gasteiger partial charge in [-0.2, -0.15) is 0 Å². The maximum absolute atomic E-state index is 12.6. The number of nitrogens with one attached hydrogen (secondary N) is 1. The molecule has 3 N–H and O–H groups in total. The second kappa shape index (κ2) is 7.50. The molecule has 9 heteroatoms. The molecule has 0 spiro atoms. The van der Waals surface area contributed by atoms with E-state index in [2.05, 4.69) is 5.32 Å². The fraction of sp³-hybridized carbons (Fsp3) is 0.111. The van der Waals surface area contributed by atoms with E-state index in [4.69, 9.17) is 5.11 Å². The molecule has 8 nitrogen and oxygen atoms in total. The quantitative estimate of drug-likeness (QED) is 0.692. The second-order valence-electron chi connectivity index (χ2n) is 5.69. The molecule has 1 aliphatic rings. The van der Waals surface area contributed by atoms with Gasteiger partial charge in [0.2, 0.25) is 0 Å². The summed E-state index contributed by atoms with van der Waals surface area (Å²) in [7, 11) is 0. The Hall–Kier alpha value is -3.33. The van der Waals surface area contributed by atoms with Crippen LogP contribution in [0.1, 0.15) is 26.3 Å². The summed E-state index contributed by atoms with van der Waals surface area (Å²) in [5.74, 6) is -2.77. The Bertz CT molecular complexity index is 945. The van der Waals surface area contributed by atoms with Crippen LogP contribution in [-0.2, 0) is 11.3 Å². The van der Waals surface area contributed by atoms with Gasteiger partial charge in [-0.15, -0.1) is 0 Å². The number of carbonyl (C=O) groups excluding carboxylic acids is 2. The molecule has 0 radical (unpaired) electrons. The molecule has 2 amide bonds. The predicted molar refractivity (Wildman–Crippen MR) is 97.8 cm³/mol. The highest BCUT2D eigenvalue weighted by Crippen LogP contribution is 2.30. The van der Waals surface area contributed by atoms with Gasteiger partial charge >= 0.3 is 11.9 Å². The van der Waals surface area contributed by atoms with E-state index in [1.165, 1.54) is 30.3 Å². The minimum atomic E-state index is -1.15. The zero-order valence-corrected chi connectivity index (χ0v) is 14.6. The number of hydrogen-bond donors (Lipinski definition) is 3. The van der Waals surface area contributed by atoms with Crippen molar-refractivity contribution in [2.45, 2.75) is 11.9 Å². The van der Waals surface area contributed by atoms with Crippen molar-refractivity contribution in [3.8, 4) is 0 Å². The number of rotatable bonds is 6. The van der Waals surface area contributed by atoms with Gasteiger partial charge in [0, 0.05) is 5.69 Å². The normalized spacial score (nSPS) is 16.4. The number of imide groups is 1. The lowest BCUT2D eigenvalue weighted by Crippen LogP contribution is -2.34. The topological polar surface area (TPSA) is 124 Å². The zero-order valence-electron chi connectivity index (χ0n) is 13.8. The molecular weight excluding hydrogens is 372 g/mol. The Kier molecular flexibility index (Phi) is 5.13. The van der Waals surface area contributed by atoms with E-state index in [0.717, 1.165) is 16.7 Å². The molecule has 3 rings (SSSR count). The lowest BCUT2D eigenvalue weighted by atomic mass is 10.1. The summed E-state index contributed by atoms with van der Waals surface area (Å²) < 4.78 is 0. The summed E-state index contributed by atoms with van der Waals surface area (Å²) in [6, 6.07) is 12.1. The van der Waals surface area contributed by atoms with Gasteiger partial charge in [-0.25, -0.2) is 9.59 Å². The van der Waals surface area contributed by atoms with Crippen LogP contribution >= 0.6 is 11.8 Å². The minimum absolute atomic E-state index is 0.00837. The second-order valence-corrected chi connectivity index (χ2v) is 6.75. The van der Waals surface area contributed by atoms with Crippen molar-refractivity contribution in [3.05, 3.63) is 65.2 Å². The van der Waals surface area contributed by atoms with Crippen LogP contribution in [0.4, 0.5) is 10.5 Å². The van der Waals surface area contributed by atoms with Gasteiger partial charge in [-0.05, 0) is 41.6 Å². The molecule has 27 heavy (non-hydrogen) atoms. The number of thioether (sulfide) groups is 1. The van der Waals surface area contributed by atoms with E-state index in [9.17, 15) is 24.3 Å². The molecule has 0 bridgehead atoms. The lowest BCUT2D eigenvalue weighted by molar-refractivity contribution is -0.126. The maximum atomic E-state index is 12.6. The number of benzene rings is 2. The smallest absolute Gasteiger partial charge is 0.337 e. The monoisotopic (exact) mass is 386 g/mol. The van der Waals surface area contributed by atoms with Crippen molar-refractivity contribution in [2.24, 2.45) is 0 Å². The number of aromatic carboxylic acids is 2. The van der Waals surface area contributed by atoms with Crippen LogP contribution in [0.3, 0.4) is 0 Å². The first kappa shape index (κ1) is 18.5. The Labute approximate surface area is 157 Å². The Balaban J connectivity index is 1.77. The van der Waals surface area contributed by atoms with Gasteiger partial charge in [0.1, 0.15) is 0 Å². The zero-order chi connectivity index (χ0) is 19.6. The third-order valence-electron chi connectivity index (χ3n) is 3.89. The SMILES string of the molecule is O=C(O)c1cccc(CN2C(=O)SC(Nc3ccccc3C(=O)O)C2=O)c1. The molecule has 1 fully saturated rings. The fourth-order valence-corrected chi connectivity index (χ4v) is 3.50. The third kappa shape index (κ3) is 3.93. The number of amides is 2. The van der Waals surface area contributed by atoms with Gasteiger partial charge in [0.25, 0.3) is 11.1 Å².